The Morgan fingerprint density at radius 3 is 1.40 bits per heavy atom. The van der Waals surface area contributed by atoms with Crippen LogP contribution in [-0.4, -0.2) is 0 Å². The molecule has 0 aliphatic carbocycles. The van der Waals surface area contributed by atoms with Crippen LogP contribution in [0.4, 0.5) is 0 Å². The number of rotatable bonds is 10. The molecule has 2 atom stereocenters. The van der Waals surface area contributed by atoms with Crippen LogP contribution in [0.5, 0.6) is 0 Å². The van der Waals surface area contributed by atoms with E-state index in [0.717, 1.165) is 0 Å². The number of hydrogen-bond donors (Lipinski definition) is 0. The van der Waals surface area contributed by atoms with Gasteiger partial charge in [0.2, 0.25) is 0 Å². The minimum absolute atomic E-state index is 0. The summed E-state index contributed by atoms with van der Waals surface area (Å²) >= 11 is 3.73. The van der Waals surface area contributed by atoms with E-state index >= 15 is 0 Å². The van der Waals surface area contributed by atoms with Crippen LogP contribution in [0.2, 0.25) is 16.0 Å². The van der Waals surface area contributed by atoms with Crippen molar-refractivity contribution in [2.75, 3.05) is 0 Å². The van der Waals surface area contributed by atoms with Gasteiger partial charge in [0.1, 0.15) is 0 Å². The van der Waals surface area contributed by atoms with E-state index in [4.69, 9.17) is 0 Å². The van der Waals surface area contributed by atoms with Gasteiger partial charge in [-0.3, -0.25) is 0 Å². The second-order valence-corrected chi connectivity index (χ2v) is 10.3. The molecule has 0 aromatic heterocycles. The summed E-state index contributed by atoms with van der Waals surface area (Å²) in [6.07, 6.45) is 8.61. The Bertz CT molecular complexity index is 318. The number of halogens is 3. The van der Waals surface area contributed by atoms with Crippen molar-refractivity contribution in [2.45, 2.75) is 87.0 Å². The van der Waals surface area contributed by atoms with Crippen molar-refractivity contribution >= 4 is 25.8 Å². The van der Waals surface area contributed by atoms with Crippen LogP contribution in [0.1, 0.15) is 76.6 Å². The monoisotopic (exact) mass is 603 g/mol. The molecule has 5 heteroatoms. The minimum Gasteiger partial charge on any atom is -1.00 e. The molecule has 0 radical (unpaired) electrons. The molecular weight excluding hydrogens is 567 g/mol. The Kier molecular flexibility index (Phi) is 35.0. The van der Waals surface area contributed by atoms with Gasteiger partial charge < -0.3 is 34.0 Å². The summed E-state index contributed by atoms with van der Waals surface area (Å²) in [5.41, 5.74) is 1.33. The topological polar surface area (TPSA) is 0 Å². The molecule has 0 N–H and O–H groups in total. The Morgan fingerprint density at radius 1 is 0.800 bits per heavy atom. The molecule has 0 aliphatic rings. The standard InChI is InChI=1S/C8H9Br.3C4H9.2BrH.Fe.H3P/c1-7(9)8-5-3-2-4-6-8;3*1-3-4-2;;;;/h2-7H,1H3;3*1,3-4H2,2H3;2*1H;;1H3/q;;;;;;+2;/p-2. The number of alkyl halides is 1. The summed E-state index contributed by atoms with van der Waals surface area (Å²) < 4.78 is 0. The zero-order chi connectivity index (χ0) is 16.6. The summed E-state index contributed by atoms with van der Waals surface area (Å²) in [6, 6.07) is 10.3. The number of benzene rings is 1. The molecule has 0 aliphatic heterocycles. The third kappa shape index (κ3) is 21.8. The zero-order valence-electron chi connectivity index (χ0n) is 16.5. The molecule has 0 nitrogen and oxygen atoms in total. The molecule has 1 aromatic carbocycles. The van der Waals surface area contributed by atoms with Gasteiger partial charge in [-0.05, 0) is 12.5 Å². The quantitative estimate of drug-likeness (QED) is 0.219. The van der Waals surface area contributed by atoms with E-state index in [1.54, 1.807) is 16.0 Å². The van der Waals surface area contributed by atoms with Crippen LogP contribution >= 0.6 is 25.8 Å². The van der Waals surface area contributed by atoms with Crippen LogP contribution in [0.25, 0.3) is 0 Å². The molecule has 0 heterocycles. The van der Waals surface area contributed by atoms with Crippen LogP contribution in [0.15, 0.2) is 30.3 Å². The molecule has 0 saturated carbocycles. The predicted molar refractivity (Wildman–Crippen MR) is 114 cm³/mol. The Hall–Kier alpha value is 1.61. The molecule has 25 heavy (non-hydrogen) atoms. The third-order valence-electron chi connectivity index (χ3n) is 3.44. The third-order valence-corrected chi connectivity index (χ3v) is 7.49. The molecule has 2 unspecified atom stereocenters. The molecule has 153 valence electrons. The molecule has 0 fully saturated rings. The normalized spacial score (nSPS) is 10.5. The maximum absolute atomic E-state index is 3.48. The minimum atomic E-state index is 0. The molecular formula is C20H39Br3FeP. The fraction of sp³-hybridized carbons (Fsp3) is 0.700. The van der Waals surface area contributed by atoms with E-state index in [2.05, 4.69) is 55.8 Å². The van der Waals surface area contributed by atoms with Gasteiger partial charge in [-0.2, -0.15) is 9.90 Å². The second-order valence-electron chi connectivity index (χ2n) is 5.65. The van der Waals surface area contributed by atoms with E-state index in [0.29, 0.717) is 4.83 Å². The van der Waals surface area contributed by atoms with Crippen molar-refractivity contribution in [1.82, 2.24) is 0 Å². The molecule has 1 rings (SSSR count). The van der Waals surface area contributed by atoms with Crippen molar-refractivity contribution < 1.29 is 47.9 Å². The van der Waals surface area contributed by atoms with Crippen LogP contribution in [0.3, 0.4) is 0 Å². The summed E-state index contributed by atoms with van der Waals surface area (Å²) in [6.45, 7) is 9.07. The number of unbranched alkanes of at least 4 members (excludes halogenated alkanes) is 3. The van der Waals surface area contributed by atoms with E-state index < -0.39 is 0 Å². The maximum atomic E-state index is 3.48. The SMILES string of the molecule is CC(Br)c1ccccc1.CCC[CH2][Fe+2]([CH2]CCC)[CH2]CCC.P.[Br-].[Br-]. The first-order valence-electron chi connectivity index (χ1n) is 8.87. The van der Waals surface area contributed by atoms with Gasteiger partial charge >= 0.3 is 89.2 Å². The smallest absolute Gasteiger partial charge is 0.153 e. The summed E-state index contributed by atoms with van der Waals surface area (Å²) in [4.78, 5) is 0.471. The fourth-order valence-corrected chi connectivity index (χ4v) is 5.85. The van der Waals surface area contributed by atoms with Crippen LogP contribution in [-0.2, 0) is 13.9 Å². The molecule has 0 amide bonds. The molecule has 0 saturated heterocycles. The molecule has 0 bridgehead atoms. The van der Waals surface area contributed by atoms with E-state index in [9.17, 15) is 0 Å². The van der Waals surface area contributed by atoms with Gasteiger partial charge in [-0.25, -0.2) is 0 Å². The maximum Gasteiger partial charge on any atom is -0.153 e. The van der Waals surface area contributed by atoms with Gasteiger partial charge in [0.25, 0.3) is 0 Å². The zero-order valence-corrected chi connectivity index (χ0v) is 23.8. The summed E-state index contributed by atoms with van der Waals surface area (Å²) in [5.74, 6) is 0. The first-order valence-corrected chi connectivity index (χ1v) is 12.1. The van der Waals surface area contributed by atoms with E-state index in [-0.39, 0.29) is 57.8 Å². The first kappa shape index (κ1) is 34.1. The van der Waals surface area contributed by atoms with Gasteiger partial charge in [-0.1, -0.05) is 46.3 Å². The predicted octanol–water partition coefficient (Wildman–Crippen LogP) is 2.47. The van der Waals surface area contributed by atoms with E-state index in [1.807, 2.05) is 18.2 Å². The average molecular weight is 606 g/mol. The van der Waals surface area contributed by atoms with Gasteiger partial charge in [0, 0.05) is 4.83 Å². The van der Waals surface area contributed by atoms with Gasteiger partial charge in [-0.15, -0.1) is 0 Å². The average Bonchev–Trinajstić information content (AvgIpc) is 2.55. The Morgan fingerprint density at radius 2 is 1.16 bits per heavy atom. The van der Waals surface area contributed by atoms with Crippen molar-refractivity contribution in [1.29, 1.82) is 0 Å². The van der Waals surface area contributed by atoms with Gasteiger partial charge in [0.05, 0.1) is 0 Å². The number of hydrogen-bond acceptors (Lipinski definition) is 0. The Labute approximate surface area is 195 Å². The molecule has 1 aromatic rings. The van der Waals surface area contributed by atoms with Crippen molar-refractivity contribution in [3.63, 3.8) is 0 Å². The van der Waals surface area contributed by atoms with Crippen molar-refractivity contribution in [3.8, 4) is 0 Å². The fourth-order valence-electron chi connectivity index (χ4n) is 1.89. The van der Waals surface area contributed by atoms with Crippen molar-refractivity contribution in [3.05, 3.63) is 35.9 Å². The van der Waals surface area contributed by atoms with E-state index in [1.165, 1.54) is 44.1 Å². The largest absolute Gasteiger partial charge is 1.00 e. The molecule has 0 spiro atoms. The summed E-state index contributed by atoms with van der Waals surface area (Å²) in [5, 5.41) is 4.70. The second kappa shape index (κ2) is 25.6. The first-order chi connectivity index (χ1) is 10.7. The van der Waals surface area contributed by atoms with Crippen LogP contribution < -0.4 is 34.0 Å². The summed E-state index contributed by atoms with van der Waals surface area (Å²) in [7, 11) is 0. The van der Waals surface area contributed by atoms with Crippen molar-refractivity contribution in [2.24, 2.45) is 0 Å². The van der Waals surface area contributed by atoms with Gasteiger partial charge in [0.15, 0.2) is 0 Å². The van der Waals surface area contributed by atoms with Crippen LogP contribution in [0, 0.1) is 0 Å². The Balaban J connectivity index is -0.000000164.